The number of aliphatic hydroxyl groups excluding tert-OH is 2. The number of nitrogens with zero attached hydrogens (tertiary/aromatic N) is 4. The van der Waals surface area contributed by atoms with Gasteiger partial charge in [0, 0.05) is 37.1 Å². The Bertz CT molecular complexity index is 1800. The second-order valence-electron chi connectivity index (χ2n) is 12.4. The monoisotopic (exact) mass is 879 g/mol. The summed E-state index contributed by atoms with van der Waals surface area (Å²) in [5.41, 5.74) is 4.27. The Hall–Kier alpha value is -2.70. The predicted molar refractivity (Wildman–Crippen MR) is 198 cm³/mol. The molecule has 0 aliphatic carbocycles. The largest absolute Gasteiger partial charge is 0.481 e. The molecule has 3 unspecified atom stereocenters. The molecular weight excluding hydrogens is 831 g/mol. The summed E-state index contributed by atoms with van der Waals surface area (Å²) in [6.45, 7) is 7.66. The van der Waals surface area contributed by atoms with Crippen LogP contribution in [0.1, 0.15) is 53.2 Å². The van der Waals surface area contributed by atoms with E-state index in [4.69, 9.17) is 19.5 Å². The minimum atomic E-state index is -5.56. The first-order valence-corrected chi connectivity index (χ1v) is 22.1. The molecule has 0 bridgehead atoms. The minimum absolute atomic E-state index is 0.0127. The Kier molecular flexibility index (Phi) is 19.3. The number of amides is 2. The molecule has 1 aliphatic rings. The summed E-state index contributed by atoms with van der Waals surface area (Å²) in [4.78, 5) is 86.8. The van der Waals surface area contributed by atoms with Crippen molar-refractivity contribution in [3.63, 3.8) is 0 Å². The van der Waals surface area contributed by atoms with Gasteiger partial charge in [-0.15, -0.1) is 6.58 Å². The Balaban J connectivity index is 0.00000349. The molecule has 0 spiro atoms. The van der Waals surface area contributed by atoms with Crippen LogP contribution in [0.3, 0.4) is 0 Å². The molecule has 24 nitrogen and oxygen atoms in total. The number of hydrogen-bond donors (Lipinski definition) is 9. The average molecular weight is 880 g/mol. The van der Waals surface area contributed by atoms with Crippen molar-refractivity contribution in [3.8, 4) is 0 Å². The first-order valence-electron chi connectivity index (χ1n) is 16.6. The Labute approximate surface area is 325 Å². The summed E-state index contributed by atoms with van der Waals surface area (Å²) < 4.78 is 61.9. The number of rotatable bonds is 21. The van der Waals surface area contributed by atoms with Gasteiger partial charge in [0.05, 0.1) is 19.5 Å². The van der Waals surface area contributed by atoms with Crippen LogP contribution in [0.15, 0.2) is 25.3 Å². The molecule has 318 valence electrons. The van der Waals surface area contributed by atoms with Crippen LogP contribution in [0, 0.1) is 5.41 Å². The van der Waals surface area contributed by atoms with Gasteiger partial charge in [-0.05, 0) is 13.3 Å². The summed E-state index contributed by atoms with van der Waals surface area (Å²) in [5.74, 6) is -1.06. The third kappa shape index (κ3) is 15.9. The number of allylic oxidation sites excluding steroid dienone is 1. The molecule has 0 aromatic carbocycles. The first-order chi connectivity index (χ1) is 26.0. The second-order valence-corrected chi connectivity index (χ2v) is 17.8. The fourth-order valence-electron chi connectivity index (χ4n) is 4.57. The van der Waals surface area contributed by atoms with Crippen molar-refractivity contribution in [1.82, 2.24) is 30.2 Å². The van der Waals surface area contributed by atoms with Gasteiger partial charge in [0.25, 0.3) is 0 Å². The Morgan fingerprint density at radius 2 is 1.73 bits per heavy atom. The van der Waals surface area contributed by atoms with Crippen molar-refractivity contribution in [3.05, 3.63) is 25.3 Å². The summed E-state index contributed by atoms with van der Waals surface area (Å²) in [6, 6.07) is 0. The molecule has 3 rings (SSSR count). The fourth-order valence-corrected chi connectivity index (χ4v) is 8.18. The lowest BCUT2D eigenvalue weighted by molar-refractivity contribution is -0.137. The topological polar surface area (TPSA) is 364 Å². The number of ether oxygens (including phenoxy) is 1. The number of aliphatic hydroxyl groups is 2. The third-order valence-electron chi connectivity index (χ3n) is 7.22. The number of nitrogens with two attached hydrogens (primary N) is 1. The van der Waals surface area contributed by atoms with Crippen LogP contribution in [0.25, 0.3) is 11.2 Å². The Morgan fingerprint density at radius 1 is 1.09 bits per heavy atom. The van der Waals surface area contributed by atoms with E-state index in [9.17, 15) is 57.9 Å². The molecule has 10 N–H and O–H groups in total. The SMILES string of the molecule is C=CC.CCCC(=O)SCCNC(=O)CCNC(=O)C(O)C(C)(C)COP(=O)(O)OP(=O)(O)OC[C@H]1O[C@@H](n2cnc3c(N)ncnc32)[C@H](O)[C@@H]1OP(=O)(O)O. The van der Waals surface area contributed by atoms with E-state index >= 15 is 0 Å². The average Bonchev–Trinajstić information content (AvgIpc) is 3.65. The van der Waals surface area contributed by atoms with Gasteiger partial charge in [0.2, 0.25) is 11.8 Å². The molecule has 1 saturated heterocycles. The first kappa shape index (κ1) is 49.4. The maximum absolute atomic E-state index is 12.6. The number of carbonyl (C=O) groups is 3. The van der Waals surface area contributed by atoms with E-state index in [2.05, 4.69) is 41.0 Å². The van der Waals surface area contributed by atoms with Gasteiger partial charge >= 0.3 is 23.5 Å². The molecule has 2 amide bonds. The van der Waals surface area contributed by atoms with Gasteiger partial charge in [-0.25, -0.2) is 28.6 Å². The van der Waals surface area contributed by atoms with Crippen molar-refractivity contribution in [2.45, 2.75) is 77.6 Å². The van der Waals surface area contributed by atoms with Crippen LogP contribution in [0.5, 0.6) is 0 Å². The van der Waals surface area contributed by atoms with E-state index < -0.39 is 84.6 Å². The highest BCUT2D eigenvalue weighted by Crippen LogP contribution is 2.61. The highest BCUT2D eigenvalue weighted by Gasteiger charge is 2.50. The van der Waals surface area contributed by atoms with Crippen LogP contribution in [-0.4, -0.2) is 123 Å². The second kappa shape index (κ2) is 21.9. The molecule has 0 saturated carbocycles. The van der Waals surface area contributed by atoms with Crippen molar-refractivity contribution >= 4 is 69.1 Å². The van der Waals surface area contributed by atoms with Gasteiger partial charge in [0.15, 0.2) is 22.8 Å². The summed E-state index contributed by atoms with van der Waals surface area (Å²) in [5, 5.41) is 26.3. The lowest BCUT2D eigenvalue weighted by atomic mass is 9.87. The van der Waals surface area contributed by atoms with Crippen molar-refractivity contribution in [2.75, 3.05) is 37.8 Å². The number of carbonyl (C=O) groups excluding carboxylic acids is 3. The lowest BCUT2D eigenvalue weighted by Gasteiger charge is -2.30. The number of fused-ring (bicyclic) bond motifs is 1. The quantitative estimate of drug-likeness (QED) is 0.0472. The molecule has 2 aromatic rings. The van der Waals surface area contributed by atoms with E-state index in [0.29, 0.717) is 12.2 Å². The normalized spacial score (nSPS) is 21.2. The maximum Gasteiger partial charge on any atom is 0.481 e. The molecule has 3 heterocycles. The number of hydrogen-bond acceptors (Lipinski definition) is 18. The standard InChI is InChI=1S/C25H42N7O17P3S.C3H6/c1-4-5-16(34)53-9-8-27-15(33)6-7-28-23(37)20(36)25(2,3)11-46-52(43,44)49-51(41,42)45-10-14-19(48-50(38,39)40)18(35)24(47-14)32-13-31-17-21(26)29-12-30-22(17)32;1-3-2/h12-14,18-20,24,35-36H,4-11H2,1-3H3,(H,27,33)(H,28,37)(H,41,42)(H,43,44)(H2,26,29,30)(H2,38,39,40);3H,1H2,2H3/t14-,18-,19-,20?,24-;/m1./s1. The molecule has 1 aliphatic heterocycles. The zero-order chi connectivity index (χ0) is 42.5. The predicted octanol–water partition coefficient (Wildman–Crippen LogP) is 0.657. The molecular formula is C28H48N7O17P3S. The molecule has 2 aromatic heterocycles. The van der Waals surface area contributed by atoms with Crippen molar-refractivity contribution in [1.29, 1.82) is 0 Å². The zero-order valence-corrected chi connectivity index (χ0v) is 34.3. The Morgan fingerprint density at radius 3 is 2.36 bits per heavy atom. The smallest absolute Gasteiger partial charge is 0.386 e. The van der Waals surface area contributed by atoms with Crippen molar-refractivity contribution in [2.24, 2.45) is 5.41 Å². The van der Waals surface area contributed by atoms with Gasteiger partial charge in [-0.3, -0.25) is 32.5 Å². The number of nitrogen functional groups attached to an aromatic ring is 1. The highest BCUT2D eigenvalue weighted by atomic mass is 32.2. The number of thioether (sulfide) groups is 1. The van der Waals surface area contributed by atoms with E-state index in [0.717, 1.165) is 35.4 Å². The maximum atomic E-state index is 12.6. The zero-order valence-electron chi connectivity index (χ0n) is 30.8. The lowest BCUT2D eigenvalue weighted by Crippen LogP contribution is -2.46. The van der Waals surface area contributed by atoms with Crippen LogP contribution < -0.4 is 16.4 Å². The van der Waals surface area contributed by atoms with E-state index in [1.54, 1.807) is 6.08 Å². The van der Waals surface area contributed by atoms with Crippen LogP contribution >= 0.6 is 35.2 Å². The minimum Gasteiger partial charge on any atom is -0.386 e. The fraction of sp³-hybridized carbons (Fsp3) is 0.643. The number of anilines is 1. The van der Waals surface area contributed by atoms with Crippen LogP contribution in [0.4, 0.5) is 5.82 Å². The summed E-state index contributed by atoms with van der Waals surface area (Å²) >= 11 is 1.09. The van der Waals surface area contributed by atoms with Crippen molar-refractivity contribution < 1.29 is 80.5 Å². The number of imidazole rings is 1. The van der Waals surface area contributed by atoms with E-state index in [-0.39, 0.29) is 41.6 Å². The van der Waals surface area contributed by atoms with Crippen LogP contribution in [-0.2, 0) is 50.7 Å². The molecule has 28 heteroatoms. The summed E-state index contributed by atoms with van der Waals surface area (Å²) in [7, 11) is -16.4. The van der Waals surface area contributed by atoms with Gasteiger partial charge < -0.3 is 50.9 Å². The van der Waals surface area contributed by atoms with E-state index in [1.807, 2.05) is 13.8 Å². The number of aromatic nitrogens is 4. The van der Waals surface area contributed by atoms with Gasteiger partial charge in [-0.2, -0.15) is 4.31 Å². The van der Waals surface area contributed by atoms with Gasteiger partial charge in [-0.1, -0.05) is 38.6 Å². The highest BCUT2D eigenvalue weighted by molar-refractivity contribution is 8.13. The number of phosphoric ester groups is 3. The molecule has 7 atom stereocenters. The summed E-state index contributed by atoms with van der Waals surface area (Å²) in [6.07, 6.45) is -3.98. The van der Waals surface area contributed by atoms with Gasteiger partial charge in [0.1, 0.15) is 36.3 Å². The number of nitrogens with one attached hydrogen (secondary N) is 2. The number of phosphoric acid groups is 3. The molecule has 0 radical (unpaired) electrons. The molecule has 56 heavy (non-hydrogen) atoms. The van der Waals surface area contributed by atoms with E-state index in [1.165, 1.54) is 13.8 Å². The van der Waals surface area contributed by atoms with Crippen LogP contribution in [0.2, 0.25) is 0 Å². The molecule has 1 fully saturated rings. The third-order valence-corrected chi connectivity index (χ3v) is 11.3.